The molecule has 6 fully saturated rings. The van der Waals surface area contributed by atoms with Gasteiger partial charge in [0.05, 0.1) is 61.4 Å². The van der Waals surface area contributed by atoms with Crippen LogP contribution in [0.2, 0.25) is 0 Å². The zero-order valence-corrected chi connectivity index (χ0v) is 38.8. The molecule has 0 aliphatic carbocycles. The second-order valence-electron chi connectivity index (χ2n) is 20.6. The van der Waals surface area contributed by atoms with Crippen molar-refractivity contribution in [2.24, 2.45) is 47.3 Å². The SMILES string of the molecule is CO[C@H]1CC[C@H](O[C@@H]2C[C@]3(C[C@H](O)[C@@H](C)[C@@H]([C@@H](C)/C=C(\C)C(=O)[C@H](C)C[C@H](C)C(=O)O)O3)O[C@]2(C)[C@H]2CCC(C)C3(O[C@@H]([C@@H]4O[C@](O)(CO)[C@@H](C)C[C@H]4C)C[C@@H]3C)O2)O[C@@H]1C. The molecule has 6 rings (SSSR count). The molecule has 0 saturated carbocycles. The van der Waals surface area contributed by atoms with E-state index < -0.39 is 84.2 Å². The largest absolute Gasteiger partial charge is 0.481 e. The van der Waals surface area contributed by atoms with Crippen LogP contribution in [0.3, 0.4) is 0 Å². The van der Waals surface area contributed by atoms with Crippen molar-refractivity contribution >= 4 is 11.8 Å². The fraction of sp³-hybridized carbons (Fsp3) is 0.915. The van der Waals surface area contributed by atoms with Gasteiger partial charge in [0.15, 0.2) is 29.4 Å². The van der Waals surface area contributed by atoms with Crippen molar-refractivity contribution in [1.29, 1.82) is 0 Å². The van der Waals surface area contributed by atoms with Crippen molar-refractivity contribution in [1.82, 2.24) is 0 Å². The summed E-state index contributed by atoms with van der Waals surface area (Å²) < 4.78 is 54.1. The highest BCUT2D eigenvalue weighted by atomic mass is 16.8. The summed E-state index contributed by atoms with van der Waals surface area (Å²) in [6, 6.07) is 0. The van der Waals surface area contributed by atoms with Gasteiger partial charge in [-0.1, -0.05) is 61.5 Å². The molecule has 0 aromatic heterocycles. The third-order valence-corrected chi connectivity index (χ3v) is 15.8. The molecule has 0 aromatic carbocycles. The van der Waals surface area contributed by atoms with Gasteiger partial charge in [0.1, 0.15) is 5.60 Å². The van der Waals surface area contributed by atoms with Crippen LogP contribution in [0.5, 0.6) is 0 Å². The van der Waals surface area contributed by atoms with E-state index in [9.17, 15) is 30.0 Å². The van der Waals surface area contributed by atoms with E-state index in [1.165, 1.54) is 0 Å². The molecular weight excluding hydrogens is 789 g/mol. The molecule has 4 N–H and O–H groups in total. The lowest BCUT2D eigenvalue weighted by Crippen LogP contribution is -2.61. The number of ketones is 1. The lowest BCUT2D eigenvalue weighted by atomic mass is 9.77. The maximum absolute atomic E-state index is 13.4. The van der Waals surface area contributed by atoms with Crippen LogP contribution < -0.4 is 0 Å². The molecule has 6 heterocycles. The fourth-order valence-electron chi connectivity index (χ4n) is 11.8. The Morgan fingerprint density at radius 3 is 2.23 bits per heavy atom. The van der Waals surface area contributed by atoms with Crippen LogP contribution in [0.15, 0.2) is 11.6 Å². The number of hydrogen-bond donors (Lipinski definition) is 4. The minimum atomic E-state index is -1.65. The number of hydrogen-bond acceptors (Lipinski definition) is 13. The van der Waals surface area contributed by atoms with Crippen LogP contribution in [0.4, 0.5) is 0 Å². The molecule has 2 spiro atoms. The first-order valence-electron chi connectivity index (χ1n) is 23.2. The number of carbonyl (C=O) groups is 2. The van der Waals surface area contributed by atoms with E-state index >= 15 is 0 Å². The average molecular weight is 867 g/mol. The number of aliphatic carboxylic acids is 1. The summed E-state index contributed by atoms with van der Waals surface area (Å²) in [6.07, 6.45) is 2.84. The second-order valence-corrected chi connectivity index (χ2v) is 20.6. The molecule has 14 nitrogen and oxygen atoms in total. The van der Waals surface area contributed by atoms with Crippen LogP contribution in [-0.2, 0) is 47.5 Å². The Bertz CT molecular complexity index is 1570. The molecule has 0 aromatic rings. The summed E-state index contributed by atoms with van der Waals surface area (Å²) in [6.45, 7) is 20.9. The number of methoxy groups -OCH3 is 1. The lowest BCUT2D eigenvalue weighted by molar-refractivity contribution is -0.378. The summed E-state index contributed by atoms with van der Waals surface area (Å²) in [5, 5.41) is 42.6. The van der Waals surface area contributed by atoms with Gasteiger partial charge in [0.25, 0.3) is 0 Å². The Morgan fingerprint density at radius 2 is 1.59 bits per heavy atom. The minimum absolute atomic E-state index is 0.0248. The van der Waals surface area contributed by atoms with Gasteiger partial charge in [-0.25, -0.2) is 0 Å². The van der Waals surface area contributed by atoms with Crippen LogP contribution in [-0.4, -0.2) is 124 Å². The summed E-state index contributed by atoms with van der Waals surface area (Å²) in [4.78, 5) is 24.9. The average Bonchev–Trinajstić information content (AvgIpc) is 3.67. The number of aliphatic hydroxyl groups excluding tert-OH is 2. The van der Waals surface area contributed by atoms with Crippen LogP contribution in [0.1, 0.15) is 134 Å². The topological polar surface area (TPSA) is 189 Å². The number of ether oxygens (including phenoxy) is 8. The minimum Gasteiger partial charge on any atom is -0.481 e. The third-order valence-electron chi connectivity index (χ3n) is 15.8. The summed E-state index contributed by atoms with van der Waals surface area (Å²) in [7, 11) is 1.69. The van der Waals surface area contributed by atoms with Crippen molar-refractivity contribution in [3.8, 4) is 0 Å². The van der Waals surface area contributed by atoms with E-state index in [0.29, 0.717) is 37.7 Å². The van der Waals surface area contributed by atoms with Gasteiger partial charge in [-0.05, 0) is 70.8 Å². The van der Waals surface area contributed by atoms with Gasteiger partial charge >= 0.3 is 5.97 Å². The highest BCUT2D eigenvalue weighted by Crippen LogP contribution is 2.57. The van der Waals surface area contributed by atoms with Gasteiger partial charge in [-0.15, -0.1) is 0 Å². The normalized spacial score (nSPS) is 48.6. The van der Waals surface area contributed by atoms with Crippen molar-refractivity contribution in [2.45, 2.75) is 212 Å². The fourth-order valence-corrected chi connectivity index (χ4v) is 11.8. The van der Waals surface area contributed by atoms with E-state index in [4.69, 9.17) is 37.9 Å². The van der Waals surface area contributed by atoms with Gasteiger partial charge in [-0.3, -0.25) is 9.59 Å². The maximum atomic E-state index is 13.4. The predicted octanol–water partition coefficient (Wildman–Crippen LogP) is 6.15. The van der Waals surface area contributed by atoms with E-state index in [-0.39, 0.29) is 72.4 Å². The lowest BCUT2D eigenvalue weighted by Gasteiger charge is -2.52. The highest BCUT2D eigenvalue weighted by molar-refractivity contribution is 5.96. The van der Waals surface area contributed by atoms with E-state index in [1.54, 1.807) is 27.9 Å². The molecule has 6 saturated heterocycles. The number of allylic oxidation sites excluding steroid dienone is 1. The molecule has 61 heavy (non-hydrogen) atoms. The Kier molecular flexibility index (Phi) is 15.0. The molecule has 14 heteroatoms. The summed E-state index contributed by atoms with van der Waals surface area (Å²) >= 11 is 0. The molecule has 0 bridgehead atoms. The van der Waals surface area contributed by atoms with Gasteiger partial charge in [0.2, 0.25) is 0 Å². The first-order chi connectivity index (χ1) is 28.5. The number of aliphatic hydroxyl groups is 3. The van der Waals surface area contributed by atoms with Crippen LogP contribution in [0, 0.1) is 47.3 Å². The first kappa shape index (κ1) is 48.9. The Hall–Kier alpha value is -1.56. The van der Waals surface area contributed by atoms with E-state index in [1.807, 2.05) is 40.7 Å². The van der Waals surface area contributed by atoms with Crippen molar-refractivity contribution in [2.75, 3.05) is 13.7 Å². The number of carboxylic acid groups (broad SMARTS) is 1. The molecule has 21 atom stereocenters. The number of Topliss-reactive ketones (excluding diaryl/α,β-unsaturated/α-hetero) is 1. The molecule has 2 unspecified atom stereocenters. The predicted molar refractivity (Wildman–Crippen MR) is 224 cm³/mol. The molecule has 350 valence electrons. The zero-order chi connectivity index (χ0) is 45.0. The number of carbonyl (C=O) groups excluding carboxylic acids is 1. The Balaban J connectivity index is 1.27. The molecular formula is C47H78O14. The molecule has 0 amide bonds. The molecule has 6 aliphatic heterocycles. The van der Waals surface area contributed by atoms with Crippen molar-refractivity contribution in [3.05, 3.63) is 11.6 Å². The zero-order valence-electron chi connectivity index (χ0n) is 38.8. The van der Waals surface area contributed by atoms with Gasteiger partial charge in [-0.2, -0.15) is 0 Å². The highest BCUT2D eigenvalue weighted by Gasteiger charge is 2.66. The first-order valence-corrected chi connectivity index (χ1v) is 23.2. The Labute approximate surface area is 363 Å². The monoisotopic (exact) mass is 867 g/mol. The number of rotatable bonds is 13. The van der Waals surface area contributed by atoms with Crippen LogP contribution in [0.25, 0.3) is 0 Å². The number of carboxylic acids is 1. The van der Waals surface area contributed by atoms with Crippen LogP contribution >= 0.6 is 0 Å². The Morgan fingerprint density at radius 1 is 0.885 bits per heavy atom. The van der Waals surface area contributed by atoms with E-state index in [0.717, 1.165) is 12.8 Å². The van der Waals surface area contributed by atoms with Gasteiger partial charge in [0, 0.05) is 61.9 Å². The molecule has 0 radical (unpaired) electrons. The van der Waals surface area contributed by atoms with Crippen molar-refractivity contribution in [3.63, 3.8) is 0 Å². The maximum Gasteiger partial charge on any atom is 0.306 e. The smallest absolute Gasteiger partial charge is 0.306 e. The summed E-state index contributed by atoms with van der Waals surface area (Å²) in [5.74, 6) is -6.78. The van der Waals surface area contributed by atoms with Crippen molar-refractivity contribution < 1.29 is 67.9 Å². The third kappa shape index (κ3) is 9.57. The molecule has 6 aliphatic rings. The standard InChI is InChI=1S/C47H78O14/c1-24(40(50)25(2)18-28(5)43(51)52)17-26(3)41-32(9)34(49)21-45(59-41)22-38(56-39-16-14-35(54-12)33(10)55-39)44(11,61-45)37-15-13-29(6)47(58-37)31(8)20-36(57-47)42-27(4)19-30(7)46(53,23-48)60-42/h17,25-39,41-42,48-49,53H,13-16,18-23H2,1-12H3,(H,51,52)/b24-17+/t25-,26+,27-,28+,29?,30+,31+,32-,33-,34+,35+,36-,37-,38-,39+,41-,42-,44-,45+,46-,47?/m1/s1. The quantitative estimate of drug-likeness (QED) is 0.154. The second kappa shape index (κ2) is 18.7. The van der Waals surface area contributed by atoms with Gasteiger partial charge < -0.3 is 58.3 Å². The summed E-state index contributed by atoms with van der Waals surface area (Å²) in [5.41, 5.74) is -0.548. The van der Waals surface area contributed by atoms with E-state index in [2.05, 4.69) is 20.8 Å².